The number of ether oxygens (including phenoxy) is 1. The zero-order valence-corrected chi connectivity index (χ0v) is 15.7. The molecule has 1 aromatic carbocycles. The highest BCUT2D eigenvalue weighted by Crippen LogP contribution is 2.22. The Labute approximate surface area is 160 Å². The maximum Gasteiger partial charge on any atom is 0.293 e. The van der Waals surface area contributed by atoms with Crippen molar-refractivity contribution in [2.24, 2.45) is 5.10 Å². The summed E-state index contributed by atoms with van der Waals surface area (Å²) in [4.78, 5) is 12.5. The normalized spacial score (nSPS) is 11.3. The predicted molar refractivity (Wildman–Crippen MR) is 100 cm³/mol. The Hall–Kier alpha value is -3.76. The SMILES string of the molecule is CCOc1ccc(/C=N/NC(=O)c2nnn(-c3nonc3N)c2C(C)C)cc1. The summed E-state index contributed by atoms with van der Waals surface area (Å²) in [6, 6.07) is 7.31. The van der Waals surface area contributed by atoms with Crippen LogP contribution in [0.2, 0.25) is 0 Å². The van der Waals surface area contributed by atoms with Crippen LogP contribution in [0.5, 0.6) is 5.75 Å². The molecular weight excluding hydrogens is 364 g/mol. The van der Waals surface area contributed by atoms with Crippen LogP contribution in [0.15, 0.2) is 34.0 Å². The number of amides is 1. The molecule has 146 valence electrons. The molecule has 0 aliphatic carbocycles. The summed E-state index contributed by atoms with van der Waals surface area (Å²) in [6.07, 6.45) is 1.52. The number of hydrazone groups is 1. The molecule has 28 heavy (non-hydrogen) atoms. The van der Waals surface area contributed by atoms with Gasteiger partial charge in [0.25, 0.3) is 5.91 Å². The number of benzene rings is 1. The minimum Gasteiger partial charge on any atom is -0.494 e. The number of nitrogens with one attached hydrogen (secondary N) is 1. The van der Waals surface area contributed by atoms with E-state index in [0.29, 0.717) is 12.3 Å². The number of nitrogens with zero attached hydrogens (tertiary/aromatic N) is 6. The van der Waals surface area contributed by atoms with Crippen LogP contribution in [0.4, 0.5) is 5.82 Å². The molecular formula is C17H20N8O3. The third-order valence-corrected chi connectivity index (χ3v) is 3.73. The molecule has 1 amide bonds. The van der Waals surface area contributed by atoms with E-state index >= 15 is 0 Å². The van der Waals surface area contributed by atoms with E-state index in [9.17, 15) is 4.79 Å². The molecule has 0 bridgehead atoms. The maximum atomic E-state index is 12.5. The largest absolute Gasteiger partial charge is 0.494 e. The molecule has 2 aromatic heterocycles. The van der Waals surface area contributed by atoms with E-state index < -0.39 is 5.91 Å². The van der Waals surface area contributed by atoms with Gasteiger partial charge in [0.2, 0.25) is 11.6 Å². The molecule has 0 saturated heterocycles. The van der Waals surface area contributed by atoms with Crippen molar-refractivity contribution in [1.82, 2.24) is 30.7 Å². The van der Waals surface area contributed by atoms with Crippen LogP contribution >= 0.6 is 0 Å². The molecule has 0 saturated carbocycles. The second-order valence-corrected chi connectivity index (χ2v) is 6.06. The van der Waals surface area contributed by atoms with Crippen LogP contribution in [0, 0.1) is 0 Å². The molecule has 3 aromatic rings. The van der Waals surface area contributed by atoms with E-state index in [1.807, 2.05) is 45.0 Å². The minimum absolute atomic E-state index is 0.0484. The summed E-state index contributed by atoms with van der Waals surface area (Å²) in [5.74, 6) is 0.387. The second-order valence-electron chi connectivity index (χ2n) is 6.06. The number of nitrogens with two attached hydrogens (primary N) is 1. The highest BCUT2D eigenvalue weighted by molar-refractivity contribution is 5.94. The third-order valence-electron chi connectivity index (χ3n) is 3.73. The van der Waals surface area contributed by atoms with E-state index in [-0.39, 0.29) is 23.2 Å². The lowest BCUT2D eigenvalue weighted by molar-refractivity contribution is 0.0948. The molecule has 0 fully saturated rings. The number of anilines is 1. The average molecular weight is 384 g/mol. The highest BCUT2D eigenvalue weighted by Gasteiger charge is 2.25. The standard InChI is InChI=1S/C17H20N8O3/c1-4-27-12-7-5-11(6-8-12)9-19-21-17(26)13-14(10(2)3)25(24-20-13)16-15(18)22-28-23-16/h5-10H,4H2,1-3H3,(H2,18,22)(H,21,26)/b19-9+. The second kappa shape index (κ2) is 8.29. The fourth-order valence-electron chi connectivity index (χ4n) is 2.50. The number of nitrogen functional groups attached to an aromatic ring is 1. The van der Waals surface area contributed by atoms with Crippen LogP contribution < -0.4 is 15.9 Å². The van der Waals surface area contributed by atoms with Gasteiger partial charge in [0.1, 0.15) is 5.75 Å². The average Bonchev–Trinajstić information content (AvgIpc) is 3.29. The van der Waals surface area contributed by atoms with Crippen molar-refractivity contribution < 1.29 is 14.2 Å². The van der Waals surface area contributed by atoms with Gasteiger partial charge in [-0.1, -0.05) is 19.1 Å². The minimum atomic E-state index is -0.507. The number of carbonyl (C=O) groups is 1. The Morgan fingerprint density at radius 2 is 2.11 bits per heavy atom. The van der Waals surface area contributed by atoms with Crippen molar-refractivity contribution >= 4 is 17.9 Å². The Balaban J connectivity index is 1.75. The van der Waals surface area contributed by atoms with Gasteiger partial charge < -0.3 is 10.5 Å². The smallest absolute Gasteiger partial charge is 0.293 e. The van der Waals surface area contributed by atoms with Gasteiger partial charge in [-0.05, 0) is 53.0 Å². The first-order valence-electron chi connectivity index (χ1n) is 8.61. The lowest BCUT2D eigenvalue weighted by Gasteiger charge is -2.08. The molecule has 0 atom stereocenters. The molecule has 3 N–H and O–H groups in total. The summed E-state index contributed by atoms with van der Waals surface area (Å²) >= 11 is 0. The van der Waals surface area contributed by atoms with E-state index in [0.717, 1.165) is 11.3 Å². The quantitative estimate of drug-likeness (QED) is 0.460. The number of hydrogen-bond donors (Lipinski definition) is 2. The zero-order chi connectivity index (χ0) is 20.1. The Bertz CT molecular complexity index is 975. The van der Waals surface area contributed by atoms with Gasteiger partial charge >= 0.3 is 0 Å². The molecule has 11 heteroatoms. The maximum absolute atomic E-state index is 12.5. The van der Waals surface area contributed by atoms with E-state index in [1.165, 1.54) is 10.9 Å². The van der Waals surface area contributed by atoms with Crippen LogP contribution in [-0.4, -0.2) is 44.0 Å². The van der Waals surface area contributed by atoms with E-state index in [2.05, 4.69) is 35.8 Å². The first-order valence-corrected chi connectivity index (χ1v) is 8.61. The van der Waals surface area contributed by atoms with Gasteiger partial charge in [0.15, 0.2) is 5.69 Å². The molecule has 3 rings (SSSR count). The molecule has 0 spiro atoms. The van der Waals surface area contributed by atoms with Crippen molar-refractivity contribution in [3.05, 3.63) is 41.2 Å². The van der Waals surface area contributed by atoms with Crippen LogP contribution in [0.3, 0.4) is 0 Å². The Morgan fingerprint density at radius 1 is 1.36 bits per heavy atom. The molecule has 0 aliphatic rings. The van der Waals surface area contributed by atoms with Crippen molar-refractivity contribution in [3.63, 3.8) is 0 Å². The van der Waals surface area contributed by atoms with Crippen molar-refractivity contribution in [2.45, 2.75) is 26.7 Å². The third kappa shape index (κ3) is 3.98. The number of rotatable bonds is 7. The van der Waals surface area contributed by atoms with Gasteiger partial charge in [-0.25, -0.2) is 10.1 Å². The van der Waals surface area contributed by atoms with Gasteiger partial charge in [0, 0.05) is 0 Å². The van der Waals surface area contributed by atoms with Crippen LogP contribution in [0.1, 0.15) is 48.4 Å². The molecule has 11 nitrogen and oxygen atoms in total. The van der Waals surface area contributed by atoms with E-state index in [1.54, 1.807) is 0 Å². The van der Waals surface area contributed by atoms with E-state index in [4.69, 9.17) is 10.5 Å². The summed E-state index contributed by atoms with van der Waals surface area (Å²) in [5.41, 5.74) is 9.59. The number of aromatic nitrogens is 5. The lowest BCUT2D eigenvalue weighted by Crippen LogP contribution is -2.21. The van der Waals surface area contributed by atoms with Crippen LogP contribution in [0.25, 0.3) is 5.82 Å². The predicted octanol–water partition coefficient (Wildman–Crippen LogP) is 1.52. The summed E-state index contributed by atoms with van der Waals surface area (Å²) < 4.78 is 11.3. The fourth-order valence-corrected chi connectivity index (χ4v) is 2.50. The number of carbonyl (C=O) groups excluding carboxylic acids is 1. The molecule has 0 radical (unpaired) electrons. The topological polar surface area (TPSA) is 146 Å². The highest BCUT2D eigenvalue weighted by atomic mass is 16.6. The Kier molecular flexibility index (Phi) is 5.63. The monoisotopic (exact) mass is 384 g/mol. The molecule has 0 unspecified atom stereocenters. The van der Waals surface area contributed by atoms with Gasteiger partial charge in [-0.15, -0.1) is 5.10 Å². The first kappa shape index (κ1) is 19.0. The number of hydrogen-bond acceptors (Lipinski definition) is 9. The van der Waals surface area contributed by atoms with Crippen LogP contribution in [-0.2, 0) is 0 Å². The van der Waals surface area contributed by atoms with Crippen molar-refractivity contribution in [3.8, 4) is 11.6 Å². The Morgan fingerprint density at radius 3 is 2.71 bits per heavy atom. The van der Waals surface area contributed by atoms with Crippen molar-refractivity contribution in [1.29, 1.82) is 0 Å². The van der Waals surface area contributed by atoms with Gasteiger partial charge in [-0.2, -0.15) is 9.78 Å². The lowest BCUT2D eigenvalue weighted by atomic mass is 10.1. The summed E-state index contributed by atoms with van der Waals surface area (Å²) in [5, 5.41) is 19.1. The molecule has 0 aliphatic heterocycles. The zero-order valence-electron chi connectivity index (χ0n) is 15.7. The fraction of sp³-hybridized carbons (Fsp3) is 0.294. The van der Waals surface area contributed by atoms with Gasteiger partial charge in [0.05, 0.1) is 18.5 Å². The van der Waals surface area contributed by atoms with Gasteiger partial charge in [-0.3, -0.25) is 4.79 Å². The first-order chi connectivity index (χ1) is 13.5. The molecule has 2 heterocycles. The summed E-state index contributed by atoms with van der Waals surface area (Å²) in [6.45, 7) is 6.29. The van der Waals surface area contributed by atoms with Crippen molar-refractivity contribution in [2.75, 3.05) is 12.3 Å². The summed E-state index contributed by atoms with van der Waals surface area (Å²) in [7, 11) is 0.